The smallest absolute Gasteiger partial charge is 0.0990 e. The molecule has 1 saturated heterocycles. The summed E-state index contributed by atoms with van der Waals surface area (Å²) in [6, 6.07) is 7.03. The van der Waals surface area contributed by atoms with Crippen LogP contribution in [0, 0.1) is 0 Å². The first-order valence-corrected chi connectivity index (χ1v) is 6.83. The average molecular weight is 242 g/mol. The molecule has 4 rings (SSSR count). The number of ether oxygens (including phenoxy) is 1. The van der Waals surface area contributed by atoms with Crippen LogP contribution in [-0.2, 0) is 11.2 Å². The molecular formula is C15H18N2O. The summed E-state index contributed by atoms with van der Waals surface area (Å²) in [7, 11) is 0. The highest BCUT2D eigenvalue weighted by molar-refractivity contribution is 5.88. The SMILES string of the molecule is CCN1CCOC2c3cccc4[nH]cc(c34)C[C@H]21. The number of aromatic amines is 1. The second-order valence-corrected chi connectivity index (χ2v) is 5.28. The van der Waals surface area contributed by atoms with Crippen LogP contribution in [-0.4, -0.2) is 35.6 Å². The van der Waals surface area contributed by atoms with Crippen LogP contribution >= 0.6 is 0 Å². The molecule has 1 aromatic carbocycles. The summed E-state index contributed by atoms with van der Waals surface area (Å²) < 4.78 is 6.07. The van der Waals surface area contributed by atoms with Crippen LogP contribution in [0.3, 0.4) is 0 Å². The first-order chi connectivity index (χ1) is 8.88. The van der Waals surface area contributed by atoms with Crippen LogP contribution in [0.15, 0.2) is 24.4 Å². The van der Waals surface area contributed by atoms with Gasteiger partial charge in [0.05, 0.1) is 12.7 Å². The Hall–Kier alpha value is -1.32. The number of nitrogens with one attached hydrogen (secondary N) is 1. The van der Waals surface area contributed by atoms with Crippen molar-refractivity contribution in [2.75, 3.05) is 19.7 Å². The fraction of sp³-hybridized carbons (Fsp3) is 0.467. The van der Waals surface area contributed by atoms with E-state index in [9.17, 15) is 0 Å². The van der Waals surface area contributed by atoms with Gasteiger partial charge in [-0.2, -0.15) is 0 Å². The number of fused-ring (bicyclic) bond motifs is 2. The van der Waals surface area contributed by atoms with Gasteiger partial charge in [-0.1, -0.05) is 19.1 Å². The maximum absolute atomic E-state index is 6.07. The highest BCUT2D eigenvalue weighted by Gasteiger charge is 2.37. The summed E-state index contributed by atoms with van der Waals surface area (Å²) >= 11 is 0. The fourth-order valence-electron chi connectivity index (χ4n) is 3.60. The van der Waals surface area contributed by atoms with Crippen molar-refractivity contribution in [2.45, 2.75) is 25.5 Å². The second kappa shape index (κ2) is 3.84. The number of benzene rings is 1. The van der Waals surface area contributed by atoms with E-state index in [2.05, 4.69) is 41.2 Å². The Morgan fingerprint density at radius 1 is 1.44 bits per heavy atom. The van der Waals surface area contributed by atoms with Crippen molar-refractivity contribution in [1.29, 1.82) is 0 Å². The van der Waals surface area contributed by atoms with E-state index in [4.69, 9.17) is 4.74 Å². The van der Waals surface area contributed by atoms with E-state index >= 15 is 0 Å². The minimum atomic E-state index is 0.255. The van der Waals surface area contributed by atoms with E-state index in [1.54, 1.807) is 0 Å². The van der Waals surface area contributed by atoms with Gasteiger partial charge >= 0.3 is 0 Å². The highest BCUT2D eigenvalue weighted by Crippen LogP contribution is 2.40. The molecule has 2 atom stereocenters. The third-order valence-electron chi connectivity index (χ3n) is 4.46. The number of hydrogen-bond donors (Lipinski definition) is 1. The number of hydrogen-bond acceptors (Lipinski definition) is 2. The average Bonchev–Trinajstić information content (AvgIpc) is 2.83. The molecule has 3 heteroatoms. The molecule has 0 amide bonds. The molecule has 1 aliphatic carbocycles. The molecule has 1 aliphatic heterocycles. The van der Waals surface area contributed by atoms with E-state index in [1.807, 2.05) is 0 Å². The zero-order valence-corrected chi connectivity index (χ0v) is 10.6. The first-order valence-electron chi connectivity index (χ1n) is 6.83. The lowest BCUT2D eigenvalue weighted by Crippen LogP contribution is -2.49. The van der Waals surface area contributed by atoms with Crippen LogP contribution < -0.4 is 0 Å². The Morgan fingerprint density at radius 2 is 2.39 bits per heavy atom. The zero-order chi connectivity index (χ0) is 12.1. The number of H-pyrrole nitrogens is 1. The van der Waals surface area contributed by atoms with Gasteiger partial charge in [0.25, 0.3) is 0 Å². The van der Waals surface area contributed by atoms with Crippen LogP contribution in [0.4, 0.5) is 0 Å². The summed E-state index contributed by atoms with van der Waals surface area (Å²) in [6.07, 6.45) is 3.54. The largest absolute Gasteiger partial charge is 0.371 e. The summed E-state index contributed by atoms with van der Waals surface area (Å²) in [6.45, 7) is 5.27. The minimum absolute atomic E-state index is 0.255. The predicted molar refractivity (Wildman–Crippen MR) is 71.7 cm³/mol. The Balaban J connectivity index is 1.89. The van der Waals surface area contributed by atoms with E-state index in [1.165, 1.54) is 22.0 Å². The molecule has 2 heterocycles. The lowest BCUT2D eigenvalue weighted by Gasteiger charge is -2.43. The third-order valence-corrected chi connectivity index (χ3v) is 4.46. The topological polar surface area (TPSA) is 28.3 Å². The van der Waals surface area contributed by atoms with Crippen molar-refractivity contribution in [3.05, 3.63) is 35.5 Å². The molecule has 0 spiro atoms. The maximum atomic E-state index is 6.07. The summed E-state index contributed by atoms with van der Waals surface area (Å²) in [5.41, 5.74) is 4.07. The molecule has 2 aliphatic rings. The standard InChI is InChI=1S/C15H18N2O/c1-2-17-6-7-18-15-11-4-3-5-12-14(11)10(9-16-12)8-13(15)17/h3-5,9,13,15-16H,2,6-8H2,1H3/t13-,15?/m1/s1. The molecule has 3 nitrogen and oxygen atoms in total. The molecule has 1 unspecified atom stereocenters. The lowest BCUT2D eigenvalue weighted by molar-refractivity contribution is -0.0722. The molecule has 94 valence electrons. The molecule has 1 N–H and O–H groups in total. The predicted octanol–water partition coefficient (Wildman–Crippen LogP) is 2.49. The quantitative estimate of drug-likeness (QED) is 0.832. The van der Waals surface area contributed by atoms with Crippen molar-refractivity contribution in [2.24, 2.45) is 0 Å². The molecule has 2 aromatic rings. The van der Waals surface area contributed by atoms with E-state index < -0.39 is 0 Å². The van der Waals surface area contributed by atoms with Gasteiger partial charge in [-0.15, -0.1) is 0 Å². The monoisotopic (exact) mass is 242 g/mol. The Bertz CT molecular complexity index is 589. The molecular weight excluding hydrogens is 224 g/mol. The molecule has 1 fully saturated rings. The van der Waals surface area contributed by atoms with Gasteiger partial charge in [0, 0.05) is 29.7 Å². The number of likely N-dealkylation sites (N-methyl/N-ethyl adjacent to an activating group) is 1. The van der Waals surface area contributed by atoms with Gasteiger partial charge in [0.2, 0.25) is 0 Å². The van der Waals surface area contributed by atoms with Gasteiger partial charge in [-0.05, 0) is 30.2 Å². The van der Waals surface area contributed by atoms with Crippen LogP contribution in [0.1, 0.15) is 24.2 Å². The van der Waals surface area contributed by atoms with Crippen LogP contribution in [0.5, 0.6) is 0 Å². The van der Waals surface area contributed by atoms with E-state index in [0.717, 1.165) is 26.1 Å². The number of nitrogens with zero attached hydrogens (tertiary/aromatic N) is 1. The first kappa shape index (κ1) is 10.6. The van der Waals surface area contributed by atoms with E-state index in [-0.39, 0.29) is 6.10 Å². The van der Waals surface area contributed by atoms with Crippen molar-refractivity contribution < 1.29 is 4.74 Å². The van der Waals surface area contributed by atoms with Crippen LogP contribution in [0.25, 0.3) is 10.9 Å². The van der Waals surface area contributed by atoms with Gasteiger partial charge in [0.1, 0.15) is 0 Å². The molecule has 0 radical (unpaired) electrons. The zero-order valence-electron chi connectivity index (χ0n) is 10.6. The van der Waals surface area contributed by atoms with Gasteiger partial charge < -0.3 is 9.72 Å². The van der Waals surface area contributed by atoms with Gasteiger partial charge in [0.15, 0.2) is 0 Å². The minimum Gasteiger partial charge on any atom is -0.371 e. The highest BCUT2D eigenvalue weighted by atomic mass is 16.5. The lowest BCUT2D eigenvalue weighted by atomic mass is 9.85. The van der Waals surface area contributed by atoms with Crippen molar-refractivity contribution in [1.82, 2.24) is 9.88 Å². The Labute approximate surface area is 107 Å². The molecule has 0 saturated carbocycles. The third kappa shape index (κ3) is 1.32. The van der Waals surface area contributed by atoms with E-state index in [0.29, 0.717) is 6.04 Å². The van der Waals surface area contributed by atoms with Gasteiger partial charge in [-0.25, -0.2) is 0 Å². The second-order valence-electron chi connectivity index (χ2n) is 5.28. The fourth-order valence-corrected chi connectivity index (χ4v) is 3.60. The van der Waals surface area contributed by atoms with Crippen molar-refractivity contribution in [3.63, 3.8) is 0 Å². The Kier molecular flexibility index (Phi) is 2.26. The van der Waals surface area contributed by atoms with Gasteiger partial charge in [-0.3, -0.25) is 4.90 Å². The molecule has 1 aromatic heterocycles. The Morgan fingerprint density at radius 3 is 3.28 bits per heavy atom. The number of aromatic nitrogens is 1. The molecule has 0 bridgehead atoms. The molecule has 18 heavy (non-hydrogen) atoms. The van der Waals surface area contributed by atoms with Crippen molar-refractivity contribution in [3.8, 4) is 0 Å². The summed E-state index contributed by atoms with van der Waals surface area (Å²) in [5, 5.41) is 1.40. The number of morpholine rings is 1. The van der Waals surface area contributed by atoms with Crippen LogP contribution in [0.2, 0.25) is 0 Å². The normalized spacial score (nSPS) is 27.4. The van der Waals surface area contributed by atoms with Crippen molar-refractivity contribution >= 4 is 10.9 Å². The summed E-state index contributed by atoms with van der Waals surface area (Å²) in [5.74, 6) is 0. The summed E-state index contributed by atoms with van der Waals surface area (Å²) in [4.78, 5) is 5.95. The maximum Gasteiger partial charge on any atom is 0.0990 e. The number of rotatable bonds is 1.